The highest BCUT2D eigenvalue weighted by molar-refractivity contribution is 6.48. The summed E-state index contributed by atoms with van der Waals surface area (Å²) in [4.78, 5) is 37.2. The van der Waals surface area contributed by atoms with Gasteiger partial charge in [-0.25, -0.2) is 9.82 Å². The fourth-order valence-corrected chi connectivity index (χ4v) is 7.54. The van der Waals surface area contributed by atoms with Gasteiger partial charge in [-0.1, -0.05) is 46.4 Å². The number of aryl methyl sites for hydroxylation is 1. The van der Waals surface area contributed by atoms with Gasteiger partial charge in [0.15, 0.2) is 0 Å². The number of unbranched alkanes of at least 4 members (excludes halogenated alkanes) is 1. The molecule has 10 nitrogen and oxygen atoms in total. The normalized spacial score (nSPS) is 25.8. The van der Waals surface area contributed by atoms with E-state index in [0.29, 0.717) is 44.1 Å². The van der Waals surface area contributed by atoms with Crippen LogP contribution in [-0.2, 0) is 25.3 Å². The Morgan fingerprint density at radius 3 is 2.51 bits per heavy atom. The Bertz CT molecular complexity index is 1200. The molecule has 3 aliphatic carbocycles. The molecule has 248 valence electrons. The molecule has 1 aromatic carbocycles. The molecule has 1 saturated heterocycles. The van der Waals surface area contributed by atoms with E-state index in [1.165, 1.54) is 12.1 Å². The lowest BCUT2D eigenvalue weighted by Gasteiger charge is -2.64. The van der Waals surface area contributed by atoms with Gasteiger partial charge in [0.05, 0.1) is 22.9 Å². The molecule has 0 unspecified atom stereocenters. The lowest BCUT2D eigenvalue weighted by atomic mass is 9.43. The maximum Gasteiger partial charge on any atom is 0.481 e. The molecule has 1 aliphatic heterocycles. The minimum absolute atomic E-state index is 0.00452. The number of hydrogen-bond donors (Lipinski definition) is 4. The standard InChI is InChI=1S/C33H51BFN5O5/c1-21(2)18-29(34-44-28-20-24-19-27(32(24,4)5)33(28,6)45-34)38-31(42)26(11-9-17-36-22(3)39-40-43)37-30(41)12-8-7-10-23-13-15-25(35)16-14-23/h13-16,21,24,26-29,36H,3,7-12,17-20H2,1-2,4-6H3,(H,37,41)(H,38,42)(H,39,43)/t24-,26-,27-,28+,29-,33-/m0/s1. The molecular weight excluding hydrogens is 576 g/mol. The number of nitroso groups, excluding NO2 is 1. The molecule has 0 spiro atoms. The summed E-state index contributed by atoms with van der Waals surface area (Å²) in [5.74, 6) is 0.473. The van der Waals surface area contributed by atoms with E-state index in [2.05, 4.69) is 67.9 Å². The van der Waals surface area contributed by atoms with Crippen molar-refractivity contribution >= 4 is 18.9 Å². The molecule has 12 heteroatoms. The van der Waals surface area contributed by atoms with E-state index >= 15 is 0 Å². The number of carbonyl (C=O) groups excluding carboxylic acids is 2. The molecule has 4 aliphatic rings. The van der Waals surface area contributed by atoms with Crippen LogP contribution in [0.5, 0.6) is 0 Å². The van der Waals surface area contributed by atoms with Gasteiger partial charge in [0.25, 0.3) is 0 Å². The van der Waals surface area contributed by atoms with Crippen LogP contribution in [0.2, 0.25) is 0 Å². The highest BCUT2D eigenvalue weighted by Gasteiger charge is 2.68. The van der Waals surface area contributed by atoms with Crippen molar-refractivity contribution < 1.29 is 23.3 Å². The van der Waals surface area contributed by atoms with Crippen molar-refractivity contribution in [2.24, 2.45) is 28.5 Å². The van der Waals surface area contributed by atoms with Crippen LogP contribution in [0.1, 0.15) is 91.5 Å². The van der Waals surface area contributed by atoms with E-state index in [9.17, 15) is 18.9 Å². The second kappa shape index (κ2) is 15.1. The van der Waals surface area contributed by atoms with Crippen LogP contribution in [0.15, 0.2) is 42.0 Å². The number of benzene rings is 1. The summed E-state index contributed by atoms with van der Waals surface area (Å²) in [5.41, 5.74) is 3.06. The van der Waals surface area contributed by atoms with Gasteiger partial charge in [-0.15, -0.1) is 4.91 Å². The summed E-state index contributed by atoms with van der Waals surface area (Å²) in [6.45, 7) is 15.1. The summed E-state index contributed by atoms with van der Waals surface area (Å²) in [6, 6.07) is 5.62. The van der Waals surface area contributed by atoms with Crippen LogP contribution in [0.4, 0.5) is 4.39 Å². The third kappa shape index (κ3) is 8.64. The highest BCUT2D eigenvalue weighted by Crippen LogP contribution is 2.65. The van der Waals surface area contributed by atoms with Gasteiger partial charge in [0.1, 0.15) is 17.7 Å². The molecule has 2 amide bonds. The maximum absolute atomic E-state index is 13.8. The zero-order valence-electron chi connectivity index (χ0n) is 27.5. The quantitative estimate of drug-likeness (QED) is 0.0786. The zero-order valence-corrected chi connectivity index (χ0v) is 27.5. The number of amides is 2. The second-order valence-corrected chi connectivity index (χ2v) is 14.3. The second-order valence-electron chi connectivity index (χ2n) is 14.3. The average Bonchev–Trinajstić information content (AvgIpc) is 3.34. The maximum atomic E-state index is 13.8. The fourth-order valence-electron chi connectivity index (χ4n) is 7.54. The van der Waals surface area contributed by atoms with E-state index < -0.39 is 13.2 Å². The van der Waals surface area contributed by atoms with Gasteiger partial charge < -0.3 is 25.3 Å². The molecule has 3 saturated carbocycles. The van der Waals surface area contributed by atoms with Gasteiger partial charge in [0, 0.05) is 13.0 Å². The van der Waals surface area contributed by atoms with Crippen LogP contribution in [0.25, 0.3) is 0 Å². The Morgan fingerprint density at radius 2 is 1.84 bits per heavy atom. The Kier molecular flexibility index (Phi) is 11.7. The molecule has 0 aromatic heterocycles. The molecule has 45 heavy (non-hydrogen) atoms. The minimum atomic E-state index is -0.762. The number of rotatable bonds is 18. The van der Waals surface area contributed by atoms with Crippen molar-refractivity contribution in [2.45, 2.75) is 116 Å². The number of carbonyl (C=O) groups is 2. The van der Waals surface area contributed by atoms with Crippen LogP contribution in [0.3, 0.4) is 0 Å². The predicted molar refractivity (Wildman–Crippen MR) is 173 cm³/mol. The lowest BCUT2D eigenvalue weighted by Crippen LogP contribution is -2.65. The van der Waals surface area contributed by atoms with Gasteiger partial charge >= 0.3 is 7.12 Å². The zero-order chi connectivity index (χ0) is 32.8. The summed E-state index contributed by atoms with van der Waals surface area (Å²) in [7, 11) is -0.559. The van der Waals surface area contributed by atoms with Crippen molar-refractivity contribution in [1.82, 2.24) is 21.4 Å². The SMILES string of the molecule is C=C(NCCC[C@H](NC(=O)CCCCc1ccc(F)cc1)C(=O)N[C@@H](CC(C)C)B1O[C@@H]2C[C@@H]3C[C@@H](C3(C)C)[C@]2(C)O1)NN=O. The van der Waals surface area contributed by atoms with Gasteiger partial charge in [-0.3, -0.25) is 9.59 Å². The topological polar surface area (TPSA) is 130 Å². The number of nitrogens with zero attached hydrogens (tertiary/aromatic N) is 1. The Balaban J connectivity index is 1.36. The lowest BCUT2D eigenvalue weighted by molar-refractivity contribution is -0.199. The third-order valence-corrected chi connectivity index (χ3v) is 10.2. The summed E-state index contributed by atoms with van der Waals surface area (Å²) >= 11 is 0. The Morgan fingerprint density at radius 1 is 1.11 bits per heavy atom. The molecule has 5 rings (SSSR count). The third-order valence-electron chi connectivity index (χ3n) is 10.2. The van der Waals surface area contributed by atoms with Crippen LogP contribution in [0, 0.1) is 33.9 Å². The van der Waals surface area contributed by atoms with E-state index in [1.807, 2.05) is 0 Å². The van der Waals surface area contributed by atoms with Crippen LogP contribution >= 0.6 is 0 Å². The van der Waals surface area contributed by atoms with Gasteiger partial charge in [-0.05, 0) is 99.2 Å². The first-order chi connectivity index (χ1) is 21.3. The molecule has 1 heterocycles. The highest BCUT2D eigenvalue weighted by atomic mass is 19.1. The predicted octanol–water partition coefficient (Wildman–Crippen LogP) is 4.93. The van der Waals surface area contributed by atoms with E-state index in [4.69, 9.17) is 9.31 Å². The van der Waals surface area contributed by atoms with Crippen molar-refractivity contribution in [3.63, 3.8) is 0 Å². The van der Waals surface area contributed by atoms with E-state index in [1.54, 1.807) is 12.1 Å². The smallest absolute Gasteiger partial charge is 0.404 e. The number of hydrogen-bond acceptors (Lipinski definition) is 7. The first-order valence-corrected chi connectivity index (χ1v) is 16.5. The molecule has 2 bridgehead atoms. The van der Waals surface area contributed by atoms with E-state index in [-0.39, 0.29) is 58.9 Å². The largest absolute Gasteiger partial charge is 0.481 e. The monoisotopic (exact) mass is 627 g/mol. The van der Waals surface area contributed by atoms with Crippen molar-refractivity contribution in [1.29, 1.82) is 0 Å². The Labute approximate surface area is 267 Å². The van der Waals surface area contributed by atoms with E-state index in [0.717, 1.165) is 31.2 Å². The average molecular weight is 628 g/mol. The molecule has 4 N–H and O–H groups in total. The van der Waals surface area contributed by atoms with Crippen LogP contribution in [-0.4, -0.2) is 49.2 Å². The molecule has 4 fully saturated rings. The van der Waals surface area contributed by atoms with Gasteiger partial charge in [0.2, 0.25) is 11.8 Å². The molecule has 0 radical (unpaired) electrons. The minimum Gasteiger partial charge on any atom is -0.404 e. The first kappa shape index (κ1) is 34.9. The number of halogens is 1. The Hall–Kier alpha value is -2.99. The van der Waals surface area contributed by atoms with Crippen molar-refractivity contribution in [3.8, 4) is 0 Å². The summed E-state index contributed by atoms with van der Waals surface area (Å²) in [6.07, 6.45) is 6.13. The number of nitrogens with one attached hydrogen (secondary N) is 4. The van der Waals surface area contributed by atoms with Crippen molar-refractivity contribution in [2.75, 3.05) is 6.54 Å². The van der Waals surface area contributed by atoms with Gasteiger partial charge in [-0.2, -0.15) is 0 Å². The fraction of sp³-hybridized carbons (Fsp3) is 0.697. The van der Waals surface area contributed by atoms with Crippen molar-refractivity contribution in [3.05, 3.63) is 53.0 Å². The first-order valence-electron chi connectivity index (χ1n) is 16.5. The summed E-state index contributed by atoms with van der Waals surface area (Å²) in [5, 5.41) is 11.7. The molecule has 1 aromatic rings. The molecular formula is C33H51BFN5O5. The molecule has 6 atom stereocenters. The van der Waals surface area contributed by atoms with Crippen LogP contribution < -0.4 is 21.4 Å². The summed E-state index contributed by atoms with van der Waals surface area (Å²) < 4.78 is 26.4.